The van der Waals surface area contributed by atoms with E-state index in [1.165, 1.54) is 0 Å². The quantitative estimate of drug-likeness (QED) is 0.558. The first-order chi connectivity index (χ1) is 15.0. The summed E-state index contributed by atoms with van der Waals surface area (Å²) in [4.78, 5) is 29.2. The van der Waals surface area contributed by atoms with E-state index in [-0.39, 0.29) is 11.9 Å². The second-order valence-electron chi connectivity index (χ2n) is 7.65. The molecule has 0 bridgehead atoms. The largest absolute Gasteiger partial charge is 0.324 e. The molecule has 0 aliphatic carbocycles. The third kappa shape index (κ3) is 4.89. The van der Waals surface area contributed by atoms with E-state index in [1.807, 2.05) is 72.5 Å². The zero-order valence-corrected chi connectivity index (χ0v) is 18.1. The van der Waals surface area contributed by atoms with Crippen LogP contribution in [0.1, 0.15) is 27.9 Å². The van der Waals surface area contributed by atoms with E-state index >= 15 is 0 Å². The number of hydrogen-bond donors (Lipinski definition) is 1. The van der Waals surface area contributed by atoms with E-state index in [9.17, 15) is 9.59 Å². The van der Waals surface area contributed by atoms with Crippen LogP contribution in [-0.4, -0.2) is 29.9 Å². The van der Waals surface area contributed by atoms with Gasteiger partial charge in [-0.25, -0.2) is 4.79 Å². The minimum atomic E-state index is -0.171. The Balaban J connectivity index is 1.44. The lowest BCUT2D eigenvalue weighted by atomic mass is 10.1. The summed E-state index contributed by atoms with van der Waals surface area (Å²) in [5, 5.41) is 3.62. The fraction of sp³-hybridized carbons (Fsp3) is 0.200. The number of benzene rings is 3. The molecular weight excluding hydrogens is 410 g/mol. The monoisotopic (exact) mass is 433 g/mol. The summed E-state index contributed by atoms with van der Waals surface area (Å²) >= 11 is 5.96. The van der Waals surface area contributed by atoms with E-state index in [0.29, 0.717) is 23.7 Å². The first-order valence-corrected chi connectivity index (χ1v) is 10.7. The Morgan fingerprint density at radius 3 is 2.39 bits per heavy atom. The van der Waals surface area contributed by atoms with Crippen LogP contribution < -0.4 is 10.2 Å². The Hall–Kier alpha value is -3.31. The average molecular weight is 434 g/mol. The molecule has 1 saturated heterocycles. The maximum Gasteiger partial charge on any atom is 0.324 e. The number of carbonyl (C=O) groups is 2. The van der Waals surface area contributed by atoms with Crippen LogP contribution in [0.15, 0.2) is 72.8 Å². The normalized spacial score (nSPS) is 13.9. The van der Waals surface area contributed by atoms with Crippen molar-refractivity contribution < 1.29 is 9.59 Å². The number of anilines is 2. The number of amides is 3. The second-order valence-corrected chi connectivity index (χ2v) is 8.09. The molecule has 5 nitrogen and oxygen atoms in total. The Morgan fingerprint density at radius 2 is 1.68 bits per heavy atom. The van der Waals surface area contributed by atoms with Crippen molar-refractivity contribution >= 4 is 34.9 Å². The molecular formula is C25H24ClN3O2. The van der Waals surface area contributed by atoms with Gasteiger partial charge in [-0.3, -0.25) is 9.69 Å². The molecule has 1 N–H and O–H groups in total. The van der Waals surface area contributed by atoms with Gasteiger partial charge in [-0.2, -0.15) is 0 Å². The zero-order valence-electron chi connectivity index (χ0n) is 17.3. The van der Waals surface area contributed by atoms with Crippen molar-refractivity contribution in [3.05, 3.63) is 94.5 Å². The highest BCUT2D eigenvalue weighted by molar-refractivity contribution is 6.30. The Morgan fingerprint density at radius 1 is 0.968 bits per heavy atom. The number of aryl methyl sites for hydroxylation is 1. The maximum absolute atomic E-state index is 13.0. The highest BCUT2D eigenvalue weighted by atomic mass is 35.5. The lowest BCUT2D eigenvalue weighted by Gasteiger charge is -2.35. The van der Waals surface area contributed by atoms with Crippen molar-refractivity contribution in [1.82, 2.24) is 4.90 Å². The van der Waals surface area contributed by atoms with Gasteiger partial charge in [0, 0.05) is 41.6 Å². The standard InChI is InChI=1S/C25H24ClN3O2/c1-18-5-2-3-6-23(18)27-24(30)20-9-13-22(14-10-20)29-16-4-15-28(25(29)31)17-19-7-11-21(26)12-8-19/h2-3,5-14H,4,15-17H2,1H3,(H,27,30). The minimum Gasteiger partial charge on any atom is -0.322 e. The summed E-state index contributed by atoms with van der Waals surface area (Å²) < 4.78 is 0. The molecule has 3 amide bonds. The van der Waals surface area contributed by atoms with Crippen LogP contribution >= 0.6 is 11.6 Å². The highest BCUT2D eigenvalue weighted by Crippen LogP contribution is 2.23. The molecule has 0 radical (unpaired) electrons. The molecule has 3 aromatic rings. The predicted octanol–water partition coefficient (Wildman–Crippen LogP) is 5.73. The smallest absolute Gasteiger partial charge is 0.322 e. The van der Waals surface area contributed by atoms with Gasteiger partial charge in [0.15, 0.2) is 0 Å². The fourth-order valence-corrected chi connectivity index (χ4v) is 3.80. The van der Waals surface area contributed by atoms with Gasteiger partial charge in [-0.05, 0) is 66.9 Å². The fourth-order valence-electron chi connectivity index (χ4n) is 3.68. The van der Waals surface area contributed by atoms with Gasteiger partial charge in [-0.1, -0.05) is 41.9 Å². The molecule has 1 aliphatic heterocycles. The van der Waals surface area contributed by atoms with E-state index < -0.39 is 0 Å². The van der Waals surface area contributed by atoms with Gasteiger partial charge in [0.2, 0.25) is 0 Å². The third-order valence-electron chi connectivity index (χ3n) is 5.43. The van der Waals surface area contributed by atoms with E-state index in [4.69, 9.17) is 11.6 Å². The Bertz CT molecular complexity index is 1080. The lowest BCUT2D eigenvalue weighted by molar-refractivity contribution is 0.102. The summed E-state index contributed by atoms with van der Waals surface area (Å²) in [7, 11) is 0. The Kier molecular flexibility index (Phi) is 6.23. The molecule has 0 unspecified atom stereocenters. The van der Waals surface area contributed by atoms with Gasteiger partial charge < -0.3 is 10.2 Å². The average Bonchev–Trinajstić information content (AvgIpc) is 2.78. The van der Waals surface area contributed by atoms with Crippen LogP contribution in [0, 0.1) is 6.92 Å². The van der Waals surface area contributed by atoms with Crippen LogP contribution in [0.2, 0.25) is 5.02 Å². The molecule has 0 aromatic heterocycles. The van der Waals surface area contributed by atoms with Crippen molar-refractivity contribution in [2.45, 2.75) is 19.9 Å². The third-order valence-corrected chi connectivity index (χ3v) is 5.68. The van der Waals surface area contributed by atoms with Crippen molar-refractivity contribution in [2.75, 3.05) is 23.3 Å². The predicted molar refractivity (Wildman–Crippen MR) is 125 cm³/mol. The molecule has 158 valence electrons. The van der Waals surface area contributed by atoms with Gasteiger partial charge >= 0.3 is 6.03 Å². The number of carbonyl (C=O) groups excluding carboxylic acids is 2. The number of rotatable bonds is 5. The summed E-state index contributed by atoms with van der Waals surface area (Å²) in [6.07, 6.45) is 0.884. The SMILES string of the molecule is Cc1ccccc1NC(=O)c1ccc(N2CCCN(Cc3ccc(Cl)cc3)C2=O)cc1. The molecule has 1 aliphatic rings. The number of nitrogens with zero attached hydrogens (tertiary/aromatic N) is 2. The topological polar surface area (TPSA) is 52.7 Å². The van der Waals surface area contributed by atoms with Crippen LogP contribution in [0.5, 0.6) is 0 Å². The Labute approximate surface area is 187 Å². The molecule has 0 atom stereocenters. The molecule has 3 aromatic carbocycles. The van der Waals surface area contributed by atoms with E-state index in [2.05, 4.69) is 5.32 Å². The van der Waals surface area contributed by atoms with E-state index in [0.717, 1.165) is 35.5 Å². The van der Waals surface area contributed by atoms with E-state index in [1.54, 1.807) is 17.0 Å². The number of halogens is 1. The lowest BCUT2D eigenvalue weighted by Crippen LogP contribution is -2.49. The van der Waals surface area contributed by atoms with Crippen molar-refractivity contribution in [3.63, 3.8) is 0 Å². The first-order valence-electron chi connectivity index (χ1n) is 10.3. The second kappa shape index (κ2) is 9.23. The van der Waals surface area contributed by atoms with Crippen molar-refractivity contribution in [3.8, 4) is 0 Å². The molecule has 1 heterocycles. The molecule has 0 saturated carbocycles. The van der Waals surface area contributed by atoms with Crippen LogP contribution in [0.3, 0.4) is 0 Å². The van der Waals surface area contributed by atoms with Gasteiger partial charge in [-0.15, -0.1) is 0 Å². The van der Waals surface area contributed by atoms with Gasteiger partial charge in [0.1, 0.15) is 0 Å². The molecule has 6 heteroatoms. The number of hydrogen-bond acceptors (Lipinski definition) is 2. The van der Waals surface area contributed by atoms with Crippen LogP contribution in [-0.2, 0) is 6.54 Å². The molecule has 31 heavy (non-hydrogen) atoms. The minimum absolute atomic E-state index is 0.0293. The molecule has 0 spiro atoms. The summed E-state index contributed by atoms with van der Waals surface area (Å²) in [5.74, 6) is -0.171. The number of para-hydroxylation sites is 1. The van der Waals surface area contributed by atoms with Gasteiger partial charge in [0.25, 0.3) is 5.91 Å². The van der Waals surface area contributed by atoms with Crippen molar-refractivity contribution in [1.29, 1.82) is 0 Å². The zero-order chi connectivity index (χ0) is 21.8. The maximum atomic E-state index is 13.0. The summed E-state index contributed by atoms with van der Waals surface area (Å²) in [6.45, 7) is 3.87. The van der Waals surface area contributed by atoms with Gasteiger partial charge in [0.05, 0.1) is 0 Å². The molecule has 4 rings (SSSR count). The number of nitrogens with one attached hydrogen (secondary N) is 1. The first kappa shape index (κ1) is 20.9. The highest BCUT2D eigenvalue weighted by Gasteiger charge is 2.27. The van der Waals surface area contributed by atoms with Crippen molar-refractivity contribution in [2.24, 2.45) is 0 Å². The molecule has 1 fully saturated rings. The summed E-state index contributed by atoms with van der Waals surface area (Å²) in [6, 6.07) is 22.4. The number of urea groups is 1. The summed E-state index contributed by atoms with van der Waals surface area (Å²) in [5.41, 5.74) is 4.18. The van der Waals surface area contributed by atoms with Crippen LogP contribution in [0.4, 0.5) is 16.2 Å². The van der Waals surface area contributed by atoms with Crippen LogP contribution in [0.25, 0.3) is 0 Å².